The van der Waals surface area contributed by atoms with Gasteiger partial charge in [-0.2, -0.15) is 0 Å². The van der Waals surface area contributed by atoms with Crippen LogP contribution in [0.3, 0.4) is 0 Å². The highest BCUT2D eigenvalue weighted by molar-refractivity contribution is 5.77. The number of esters is 1. The predicted octanol–water partition coefficient (Wildman–Crippen LogP) is 4.19. The molecule has 134 valence electrons. The number of hydrogen-bond acceptors (Lipinski definition) is 4. The van der Waals surface area contributed by atoms with Crippen molar-refractivity contribution < 1.29 is 19.0 Å². The van der Waals surface area contributed by atoms with E-state index in [-0.39, 0.29) is 23.4 Å². The third-order valence-electron chi connectivity index (χ3n) is 7.50. The zero-order valence-corrected chi connectivity index (χ0v) is 15.2. The van der Waals surface area contributed by atoms with E-state index in [1.165, 1.54) is 31.3 Å². The van der Waals surface area contributed by atoms with E-state index >= 15 is 0 Å². The molecule has 0 spiro atoms. The molecule has 0 aromatic carbocycles. The van der Waals surface area contributed by atoms with E-state index in [2.05, 4.69) is 13.8 Å². The van der Waals surface area contributed by atoms with Gasteiger partial charge in [0.25, 0.3) is 0 Å². The van der Waals surface area contributed by atoms with Crippen LogP contribution in [0.25, 0.3) is 0 Å². The lowest BCUT2D eigenvalue weighted by atomic mass is 9.56. The summed E-state index contributed by atoms with van der Waals surface area (Å²) in [6.07, 6.45) is 8.97. The van der Waals surface area contributed by atoms with Crippen molar-refractivity contribution in [3.63, 3.8) is 0 Å². The van der Waals surface area contributed by atoms with Gasteiger partial charge in [-0.05, 0) is 55.9 Å². The van der Waals surface area contributed by atoms with E-state index in [0.717, 1.165) is 31.4 Å². The molecule has 2 saturated carbocycles. The quantitative estimate of drug-likeness (QED) is 0.573. The first kappa shape index (κ1) is 16.6. The van der Waals surface area contributed by atoms with Crippen LogP contribution in [0.15, 0.2) is 11.3 Å². The zero-order chi connectivity index (χ0) is 16.9. The molecule has 0 N–H and O–H groups in total. The molecule has 24 heavy (non-hydrogen) atoms. The summed E-state index contributed by atoms with van der Waals surface area (Å²) in [7, 11) is 1.64. The van der Waals surface area contributed by atoms with E-state index in [0.29, 0.717) is 18.1 Å². The Morgan fingerprint density at radius 2 is 2.00 bits per heavy atom. The van der Waals surface area contributed by atoms with Crippen LogP contribution in [0.5, 0.6) is 0 Å². The molecular weight excluding hydrogens is 304 g/mol. The minimum atomic E-state index is -0.0578. The maximum Gasteiger partial charge on any atom is 0.315 e. The summed E-state index contributed by atoms with van der Waals surface area (Å²) in [4.78, 5) is 12.9. The lowest BCUT2D eigenvalue weighted by molar-refractivity contribution is -0.164. The van der Waals surface area contributed by atoms with Gasteiger partial charge in [-0.1, -0.05) is 20.3 Å². The number of hydrogen-bond donors (Lipinski definition) is 0. The van der Waals surface area contributed by atoms with Crippen LogP contribution in [0, 0.1) is 22.7 Å². The number of fused-ring (bicyclic) bond motifs is 4. The van der Waals surface area contributed by atoms with Gasteiger partial charge in [0.05, 0.1) is 12.0 Å². The molecule has 5 atom stereocenters. The van der Waals surface area contributed by atoms with Crippen LogP contribution >= 0.6 is 0 Å². The largest absolute Gasteiger partial charge is 0.431 e. The summed E-state index contributed by atoms with van der Waals surface area (Å²) in [6.45, 7) is 5.00. The molecule has 2 fully saturated rings. The summed E-state index contributed by atoms with van der Waals surface area (Å²) in [5.41, 5.74) is 1.78. The van der Waals surface area contributed by atoms with Crippen molar-refractivity contribution in [3.05, 3.63) is 11.3 Å². The molecule has 0 radical (unpaired) electrons. The Morgan fingerprint density at radius 3 is 2.79 bits per heavy atom. The number of allylic oxidation sites excluding steroid dienone is 2. The van der Waals surface area contributed by atoms with E-state index in [1.807, 2.05) is 0 Å². The molecule has 3 aliphatic carbocycles. The van der Waals surface area contributed by atoms with Gasteiger partial charge in [-0.15, -0.1) is 0 Å². The molecular formula is C20H30O4. The fourth-order valence-electron chi connectivity index (χ4n) is 5.91. The summed E-state index contributed by atoms with van der Waals surface area (Å²) >= 11 is 0. The Hall–Kier alpha value is -0.870. The van der Waals surface area contributed by atoms with Crippen LogP contribution in [0.4, 0.5) is 0 Å². The molecule has 4 nitrogen and oxygen atoms in total. The molecule has 0 unspecified atom stereocenters. The minimum Gasteiger partial charge on any atom is -0.431 e. The average Bonchev–Trinajstić information content (AvgIpc) is 2.95. The molecule has 4 aliphatic rings. The molecule has 1 heterocycles. The summed E-state index contributed by atoms with van der Waals surface area (Å²) in [5, 5.41) is 0. The number of rotatable bonds is 3. The third kappa shape index (κ3) is 2.37. The first-order valence-electron chi connectivity index (χ1n) is 9.54. The molecule has 0 bridgehead atoms. The van der Waals surface area contributed by atoms with Gasteiger partial charge in [-0.3, -0.25) is 4.79 Å². The zero-order valence-electron chi connectivity index (χ0n) is 15.2. The SMILES string of the molecule is COCO[C@H]1CC[C@]2(C)C3=C(OC(=O)[C@H]2C1)[C@@H]1CCC[C@@]1(C)CC3. The van der Waals surface area contributed by atoms with Crippen molar-refractivity contribution in [2.45, 2.75) is 71.3 Å². The Labute approximate surface area is 144 Å². The van der Waals surface area contributed by atoms with Crippen LogP contribution in [0.1, 0.15) is 65.2 Å². The molecule has 4 heteroatoms. The molecule has 0 aromatic heterocycles. The number of ether oxygens (including phenoxy) is 3. The highest BCUT2D eigenvalue weighted by Gasteiger charge is 2.56. The second kappa shape index (κ2) is 5.84. The lowest BCUT2D eigenvalue weighted by Gasteiger charge is -2.52. The standard InChI is InChI=1S/C20H30O4/c1-19-8-4-5-14(19)17-15(7-9-19)20(2)10-6-13(23-12-22-3)11-16(20)18(21)24-17/h13-14,16H,4-12H2,1-3H3/t13-,14-,16+,19-,20+/m0/s1. The van der Waals surface area contributed by atoms with Gasteiger partial charge in [0, 0.05) is 18.4 Å². The fourth-order valence-corrected chi connectivity index (χ4v) is 5.91. The van der Waals surface area contributed by atoms with Gasteiger partial charge in [0.15, 0.2) is 0 Å². The normalized spacial score (nSPS) is 44.6. The highest BCUT2D eigenvalue weighted by Crippen LogP contribution is 2.62. The Bertz CT molecular complexity index is 568. The summed E-state index contributed by atoms with van der Waals surface area (Å²) in [6, 6.07) is 0. The Kier molecular flexibility index (Phi) is 4.04. The number of carbonyl (C=O) groups excluding carboxylic acids is 1. The van der Waals surface area contributed by atoms with Crippen LogP contribution < -0.4 is 0 Å². The molecule has 0 aromatic rings. The smallest absolute Gasteiger partial charge is 0.315 e. The molecule has 4 rings (SSSR count). The molecule has 0 saturated heterocycles. The average molecular weight is 334 g/mol. The highest BCUT2D eigenvalue weighted by atomic mass is 16.7. The lowest BCUT2D eigenvalue weighted by Crippen LogP contribution is -2.49. The van der Waals surface area contributed by atoms with Gasteiger partial charge >= 0.3 is 5.97 Å². The van der Waals surface area contributed by atoms with E-state index in [9.17, 15) is 4.79 Å². The fraction of sp³-hybridized carbons (Fsp3) is 0.850. The van der Waals surface area contributed by atoms with E-state index < -0.39 is 0 Å². The summed E-state index contributed by atoms with van der Waals surface area (Å²) in [5.74, 6) is 1.46. The topological polar surface area (TPSA) is 44.8 Å². The minimum absolute atomic E-state index is 0.0156. The first-order valence-corrected chi connectivity index (χ1v) is 9.54. The van der Waals surface area contributed by atoms with Crippen molar-refractivity contribution in [3.8, 4) is 0 Å². The Morgan fingerprint density at radius 1 is 1.17 bits per heavy atom. The van der Waals surface area contributed by atoms with Crippen LogP contribution in [0.2, 0.25) is 0 Å². The molecule has 0 amide bonds. The van der Waals surface area contributed by atoms with E-state index in [1.54, 1.807) is 7.11 Å². The van der Waals surface area contributed by atoms with Crippen molar-refractivity contribution in [2.24, 2.45) is 22.7 Å². The van der Waals surface area contributed by atoms with Gasteiger partial charge in [-0.25, -0.2) is 0 Å². The van der Waals surface area contributed by atoms with Gasteiger partial charge in [0.1, 0.15) is 12.6 Å². The predicted molar refractivity (Wildman–Crippen MR) is 90.0 cm³/mol. The van der Waals surface area contributed by atoms with Crippen LogP contribution in [-0.4, -0.2) is 26.0 Å². The van der Waals surface area contributed by atoms with Gasteiger partial charge in [0.2, 0.25) is 0 Å². The van der Waals surface area contributed by atoms with E-state index in [4.69, 9.17) is 14.2 Å². The number of carbonyl (C=O) groups is 1. The van der Waals surface area contributed by atoms with Crippen molar-refractivity contribution >= 4 is 5.97 Å². The third-order valence-corrected chi connectivity index (χ3v) is 7.50. The summed E-state index contributed by atoms with van der Waals surface area (Å²) < 4.78 is 16.8. The van der Waals surface area contributed by atoms with Crippen molar-refractivity contribution in [1.82, 2.24) is 0 Å². The first-order chi connectivity index (χ1) is 11.5. The molecule has 1 aliphatic heterocycles. The maximum atomic E-state index is 12.9. The van der Waals surface area contributed by atoms with Crippen LogP contribution in [-0.2, 0) is 19.0 Å². The second-order valence-electron chi connectivity index (χ2n) is 8.80. The second-order valence-corrected chi connectivity index (χ2v) is 8.80. The van der Waals surface area contributed by atoms with Crippen molar-refractivity contribution in [1.29, 1.82) is 0 Å². The maximum absolute atomic E-state index is 12.9. The number of methoxy groups -OCH3 is 1. The van der Waals surface area contributed by atoms with Gasteiger partial charge < -0.3 is 14.2 Å². The Balaban J connectivity index is 1.63. The monoisotopic (exact) mass is 334 g/mol. The van der Waals surface area contributed by atoms with Crippen molar-refractivity contribution in [2.75, 3.05) is 13.9 Å².